The van der Waals surface area contributed by atoms with Crippen LogP contribution in [0.15, 0.2) is 22.6 Å². The van der Waals surface area contributed by atoms with Crippen molar-refractivity contribution in [1.29, 1.82) is 0 Å². The largest absolute Gasteiger partial charge is 0.439 e. The van der Waals surface area contributed by atoms with E-state index in [0.717, 1.165) is 42.3 Å². The maximum atomic E-state index is 5.81. The Labute approximate surface area is 120 Å². The van der Waals surface area contributed by atoms with E-state index in [4.69, 9.17) is 10.2 Å². The van der Waals surface area contributed by atoms with E-state index in [1.807, 2.05) is 18.2 Å². The molecule has 0 unspecified atom stereocenters. The first-order chi connectivity index (χ1) is 9.52. The second-order valence-corrected chi connectivity index (χ2v) is 6.63. The van der Waals surface area contributed by atoms with Gasteiger partial charge >= 0.3 is 0 Å². The van der Waals surface area contributed by atoms with E-state index in [1.165, 1.54) is 19.3 Å². The van der Waals surface area contributed by atoms with Crippen molar-refractivity contribution in [3.8, 4) is 0 Å². The molecule has 0 saturated carbocycles. The predicted molar refractivity (Wildman–Crippen MR) is 81.3 cm³/mol. The number of hydrogen-bond donors (Lipinski definition) is 1. The number of likely N-dealkylation sites (tertiary alicyclic amines) is 1. The highest BCUT2D eigenvalue weighted by atomic mass is 16.3. The molecule has 4 nitrogen and oxygen atoms in total. The fourth-order valence-corrected chi connectivity index (χ4v) is 2.89. The molecule has 20 heavy (non-hydrogen) atoms. The second kappa shape index (κ2) is 5.09. The lowest BCUT2D eigenvalue weighted by molar-refractivity contribution is 0.236. The summed E-state index contributed by atoms with van der Waals surface area (Å²) in [7, 11) is 0. The Kier molecular flexibility index (Phi) is 3.42. The number of anilines is 1. The van der Waals surface area contributed by atoms with Crippen molar-refractivity contribution in [3.05, 3.63) is 24.1 Å². The van der Waals surface area contributed by atoms with Crippen molar-refractivity contribution in [2.45, 2.75) is 39.7 Å². The van der Waals surface area contributed by atoms with Crippen LogP contribution in [0, 0.1) is 5.41 Å². The van der Waals surface area contributed by atoms with Crippen molar-refractivity contribution >= 4 is 16.8 Å². The Morgan fingerprint density at radius 2 is 2.15 bits per heavy atom. The van der Waals surface area contributed by atoms with Gasteiger partial charge in [0, 0.05) is 5.69 Å². The van der Waals surface area contributed by atoms with E-state index in [2.05, 4.69) is 23.7 Å². The van der Waals surface area contributed by atoms with Crippen molar-refractivity contribution < 1.29 is 4.42 Å². The summed E-state index contributed by atoms with van der Waals surface area (Å²) >= 11 is 0. The molecule has 0 radical (unpaired) electrons. The van der Waals surface area contributed by atoms with Crippen LogP contribution >= 0.6 is 0 Å². The summed E-state index contributed by atoms with van der Waals surface area (Å²) in [5.41, 5.74) is 8.65. The summed E-state index contributed by atoms with van der Waals surface area (Å²) in [6.07, 6.45) is 3.79. The van der Waals surface area contributed by atoms with Gasteiger partial charge in [0.25, 0.3) is 0 Å². The van der Waals surface area contributed by atoms with Gasteiger partial charge in [-0.3, -0.25) is 4.90 Å². The van der Waals surface area contributed by atoms with Crippen LogP contribution in [-0.4, -0.2) is 23.0 Å². The molecule has 0 bridgehead atoms. The molecular weight excluding hydrogens is 250 g/mol. The SMILES string of the molecule is CC1(C)CCCN(Cc2nc3cc(N)ccc3o2)CC1. The topological polar surface area (TPSA) is 55.3 Å². The average Bonchev–Trinajstić information content (AvgIpc) is 2.68. The molecule has 1 aromatic carbocycles. The minimum Gasteiger partial charge on any atom is -0.439 e. The Hall–Kier alpha value is -1.55. The van der Waals surface area contributed by atoms with Gasteiger partial charge in [0.2, 0.25) is 5.89 Å². The molecule has 0 aliphatic carbocycles. The first-order valence-electron chi connectivity index (χ1n) is 7.39. The maximum absolute atomic E-state index is 5.81. The van der Waals surface area contributed by atoms with Crippen LogP contribution in [0.2, 0.25) is 0 Å². The van der Waals surface area contributed by atoms with Crippen LogP contribution in [0.5, 0.6) is 0 Å². The molecule has 2 heterocycles. The molecule has 1 aliphatic rings. The third-order valence-electron chi connectivity index (χ3n) is 4.25. The van der Waals surface area contributed by atoms with E-state index in [0.29, 0.717) is 5.41 Å². The molecule has 1 aliphatic heterocycles. The summed E-state index contributed by atoms with van der Waals surface area (Å²) in [6.45, 7) is 7.76. The minimum atomic E-state index is 0.463. The van der Waals surface area contributed by atoms with E-state index in [9.17, 15) is 0 Å². The third kappa shape index (κ3) is 2.96. The van der Waals surface area contributed by atoms with Gasteiger partial charge in [-0.1, -0.05) is 13.8 Å². The van der Waals surface area contributed by atoms with Crippen LogP contribution < -0.4 is 5.73 Å². The zero-order valence-corrected chi connectivity index (χ0v) is 12.4. The van der Waals surface area contributed by atoms with Crippen LogP contribution in [0.3, 0.4) is 0 Å². The van der Waals surface area contributed by atoms with Crippen molar-refractivity contribution in [2.75, 3.05) is 18.8 Å². The number of nitrogens with zero attached hydrogens (tertiary/aromatic N) is 2. The standard InChI is InChI=1S/C16H23N3O/c1-16(2)6-3-8-19(9-7-16)11-15-18-13-10-12(17)4-5-14(13)20-15/h4-5,10H,3,6-9,11,17H2,1-2H3. The highest BCUT2D eigenvalue weighted by molar-refractivity contribution is 5.76. The van der Waals surface area contributed by atoms with Gasteiger partial charge in [0.1, 0.15) is 5.52 Å². The lowest BCUT2D eigenvalue weighted by Gasteiger charge is -2.22. The van der Waals surface area contributed by atoms with E-state index >= 15 is 0 Å². The highest BCUT2D eigenvalue weighted by Crippen LogP contribution is 2.30. The lowest BCUT2D eigenvalue weighted by atomic mass is 9.85. The van der Waals surface area contributed by atoms with Crippen LogP contribution in [-0.2, 0) is 6.54 Å². The van der Waals surface area contributed by atoms with Gasteiger partial charge in [0.05, 0.1) is 6.54 Å². The molecule has 4 heteroatoms. The van der Waals surface area contributed by atoms with Gasteiger partial charge in [-0.2, -0.15) is 0 Å². The molecule has 1 aromatic heterocycles. The molecule has 2 aromatic rings. The minimum absolute atomic E-state index is 0.463. The Morgan fingerprint density at radius 1 is 1.30 bits per heavy atom. The zero-order chi connectivity index (χ0) is 14.2. The molecule has 108 valence electrons. The van der Waals surface area contributed by atoms with E-state index < -0.39 is 0 Å². The number of aromatic nitrogens is 1. The Bertz CT molecular complexity index is 603. The van der Waals surface area contributed by atoms with Crippen molar-refractivity contribution in [2.24, 2.45) is 5.41 Å². The molecule has 1 fully saturated rings. The molecule has 3 rings (SSSR count). The monoisotopic (exact) mass is 273 g/mol. The van der Waals surface area contributed by atoms with Crippen LogP contribution in [0.4, 0.5) is 5.69 Å². The van der Waals surface area contributed by atoms with E-state index in [-0.39, 0.29) is 0 Å². The molecule has 0 amide bonds. The average molecular weight is 273 g/mol. The summed E-state index contributed by atoms with van der Waals surface area (Å²) < 4.78 is 5.81. The Morgan fingerprint density at radius 3 is 3.00 bits per heavy atom. The van der Waals surface area contributed by atoms with Gasteiger partial charge in [-0.25, -0.2) is 4.98 Å². The number of benzene rings is 1. The molecule has 0 spiro atoms. The molecule has 2 N–H and O–H groups in total. The zero-order valence-electron chi connectivity index (χ0n) is 12.4. The number of oxazole rings is 1. The third-order valence-corrected chi connectivity index (χ3v) is 4.25. The maximum Gasteiger partial charge on any atom is 0.209 e. The smallest absolute Gasteiger partial charge is 0.209 e. The van der Waals surface area contributed by atoms with Crippen LogP contribution in [0.25, 0.3) is 11.1 Å². The lowest BCUT2D eigenvalue weighted by Crippen LogP contribution is -2.25. The quantitative estimate of drug-likeness (QED) is 0.852. The van der Waals surface area contributed by atoms with E-state index in [1.54, 1.807) is 0 Å². The van der Waals surface area contributed by atoms with Gasteiger partial charge in [-0.05, 0) is 56.0 Å². The first kappa shape index (κ1) is 13.4. The molecule has 1 saturated heterocycles. The fraction of sp³-hybridized carbons (Fsp3) is 0.562. The first-order valence-corrected chi connectivity index (χ1v) is 7.39. The summed E-state index contributed by atoms with van der Waals surface area (Å²) in [6, 6.07) is 5.62. The Balaban J connectivity index is 1.72. The summed E-state index contributed by atoms with van der Waals surface area (Å²) in [5, 5.41) is 0. The second-order valence-electron chi connectivity index (χ2n) is 6.63. The van der Waals surface area contributed by atoms with Gasteiger partial charge in [0.15, 0.2) is 5.58 Å². The number of nitrogens with two attached hydrogens (primary N) is 1. The van der Waals surface area contributed by atoms with Crippen molar-refractivity contribution in [1.82, 2.24) is 9.88 Å². The summed E-state index contributed by atoms with van der Waals surface area (Å²) in [5.74, 6) is 0.797. The molecular formula is C16H23N3O. The normalized spacial score (nSPS) is 20.1. The number of rotatable bonds is 2. The van der Waals surface area contributed by atoms with Gasteiger partial charge < -0.3 is 10.2 Å². The highest BCUT2D eigenvalue weighted by Gasteiger charge is 2.23. The summed E-state index contributed by atoms with van der Waals surface area (Å²) in [4.78, 5) is 6.99. The van der Waals surface area contributed by atoms with Gasteiger partial charge in [-0.15, -0.1) is 0 Å². The number of fused-ring (bicyclic) bond motifs is 1. The van der Waals surface area contributed by atoms with Crippen LogP contribution in [0.1, 0.15) is 39.0 Å². The molecule has 0 atom stereocenters. The number of nitrogen functional groups attached to an aromatic ring is 1. The fourth-order valence-electron chi connectivity index (χ4n) is 2.89. The predicted octanol–water partition coefficient (Wildman–Crippen LogP) is 3.42. The number of hydrogen-bond acceptors (Lipinski definition) is 4. The van der Waals surface area contributed by atoms with Crippen molar-refractivity contribution in [3.63, 3.8) is 0 Å².